The molecule has 0 saturated carbocycles. The molecule has 1 fully saturated rings. The highest BCUT2D eigenvalue weighted by Crippen LogP contribution is 2.29. The van der Waals surface area contributed by atoms with Gasteiger partial charge >= 0.3 is 0 Å². The molecule has 1 aliphatic heterocycles. The van der Waals surface area contributed by atoms with Gasteiger partial charge in [0.1, 0.15) is 11.5 Å². The summed E-state index contributed by atoms with van der Waals surface area (Å²) >= 11 is 5.77. The predicted molar refractivity (Wildman–Crippen MR) is 106 cm³/mol. The summed E-state index contributed by atoms with van der Waals surface area (Å²) in [6.07, 6.45) is 1.12. The Morgan fingerprint density at radius 2 is 2.14 bits per heavy atom. The number of aromatic nitrogens is 1. The number of amides is 2. The SMILES string of the molecule is O=C(CNC(=O)c1ccccn1)NCC1CNCCOC1c1ccc(Cl)c(F)c1. The van der Waals surface area contributed by atoms with Gasteiger partial charge in [-0.05, 0) is 29.8 Å². The molecule has 3 rings (SSSR count). The van der Waals surface area contributed by atoms with E-state index in [1.165, 1.54) is 18.3 Å². The molecule has 2 heterocycles. The maximum atomic E-state index is 13.9. The quantitative estimate of drug-likeness (QED) is 0.661. The van der Waals surface area contributed by atoms with Crippen molar-refractivity contribution in [1.82, 2.24) is 20.9 Å². The van der Waals surface area contributed by atoms with Crippen LogP contribution in [0.5, 0.6) is 0 Å². The zero-order valence-corrected chi connectivity index (χ0v) is 16.4. The van der Waals surface area contributed by atoms with E-state index in [0.717, 1.165) is 0 Å². The molecule has 1 aromatic heterocycles. The van der Waals surface area contributed by atoms with Gasteiger partial charge in [-0.1, -0.05) is 23.7 Å². The maximum absolute atomic E-state index is 13.9. The van der Waals surface area contributed by atoms with Crippen LogP contribution in [0.15, 0.2) is 42.6 Å². The fraction of sp³-hybridized carbons (Fsp3) is 0.350. The summed E-state index contributed by atoms with van der Waals surface area (Å²) in [6.45, 7) is 1.86. The molecule has 1 saturated heterocycles. The van der Waals surface area contributed by atoms with Crippen molar-refractivity contribution >= 4 is 23.4 Å². The Morgan fingerprint density at radius 1 is 1.28 bits per heavy atom. The zero-order valence-electron chi connectivity index (χ0n) is 15.7. The first kappa shape index (κ1) is 21.2. The van der Waals surface area contributed by atoms with Gasteiger partial charge in [-0.25, -0.2) is 4.39 Å². The van der Waals surface area contributed by atoms with Crippen LogP contribution < -0.4 is 16.0 Å². The molecule has 2 amide bonds. The minimum absolute atomic E-state index is 0.0500. The highest BCUT2D eigenvalue weighted by molar-refractivity contribution is 6.30. The number of hydrogen-bond acceptors (Lipinski definition) is 5. The van der Waals surface area contributed by atoms with Crippen molar-refractivity contribution in [3.63, 3.8) is 0 Å². The van der Waals surface area contributed by atoms with E-state index < -0.39 is 11.7 Å². The minimum Gasteiger partial charge on any atom is -0.372 e. The van der Waals surface area contributed by atoms with E-state index >= 15 is 0 Å². The molecule has 154 valence electrons. The van der Waals surface area contributed by atoms with Gasteiger partial charge in [-0.15, -0.1) is 0 Å². The Hall–Kier alpha value is -2.55. The number of pyridine rings is 1. The van der Waals surface area contributed by atoms with Gasteiger partial charge in [0.05, 0.1) is 24.3 Å². The topological polar surface area (TPSA) is 92.4 Å². The summed E-state index contributed by atoms with van der Waals surface area (Å²) in [5, 5.41) is 8.62. The van der Waals surface area contributed by atoms with Gasteiger partial charge < -0.3 is 20.7 Å². The van der Waals surface area contributed by atoms with Crippen molar-refractivity contribution in [2.24, 2.45) is 5.92 Å². The Balaban J connectivity index is 1.55. The third-order valence-electron chi connectivity index (χ3n) is 4.55. The second-order valence-corrected chi connectivity index (χ2v) is 7.04. The van der Waals surface area contributed by atoms with Crippen LogP contribution in [0.4, 0.5) is 4.39 Å². The lowest BCUT2D eigenvalue weighted by atomic mass is 9.95. The average molecular weight is 421 g/mol. The number of nitrogens with one attached hydrogen (secondary N) is 3. The molecule has 9 heteroatoms. The van der Waals surface area contributed by atoms with Crippen LogP contribution in [0.25, 0.3) is 0 Å². The van der Waals surface area contributed by atoms with Crippen LogP contribution in [0, 0.1) is 11.7 Å². The van der Waals surface area contributed by atoms with Crippen LogP contribution in [0.3, 0.4) is 0 Å². The molecule has 0 bridgehead atoms. The van der Waals surface area contributed by atoms with Gasteiger partial charge in [0.2, 0.25) is 5.91 Å². The first-order valence-corrected chi connectivity index (χ1v) is 9.65. The Bertz CT molecular complexity index is 853. The van der Waals surface area contributed by atoms with Crippen molar-refractivity contribution < 1.29 is 18.7 Å². The number of ether oxygens (including phenoxy) is 1. The number of nitrogens with zero attached hydrogens (tertiary/aromatic N) is 1. The summed E-state index contributed by atoms with van der Waals surface area (Å²) in [6, 6.07) is 9.55. The third-order valence-corrected chi connectivity index (χ3v) is 4.86. The van der Waals surface area contributed by atoms with E-state index in [1.807, 2.05) is 0 Å². The van der Waals surface area contributed by atoms with Crippen LogP contribution >= 0.6 is 11.6 Å². The van der Waals surface area contributed by atoms with E-state index in [9.17, 15) is 14.0 Å². The van der Waals surface area contributed by atoms with Gasteiger partial charge in [-0.2, -0.15) is 0 Å². The lowest BCUT2D eigenvalue weighted by Crippen LogP contribution is -2.41. The molecule has 0 aliphatic carbocycles. The standard InChI is InChI=1S/C20H22ClFN4O3/c21-15-5-4-13(9-16(15)22)19-14(10-23-7-8-29-19)11-25-18(27)12-26-20(28)17-3-1-2-6-24-17/h1-6,9,14,19,23H,7-8,10-12H2,(H,25,27)(H,26,28). The molecule has 3 N–H and O–H groups in total. The van der Waals surface area contributed by atoms with Crippen molar-refractivity contribution in [1.29, 1.82) is 0 Å². The van der Waals surface area contributed by atoms with Crippen molar-refractivity contribution in [2.45, 2.75) is 6.10 Å². The summed E-state index contributed by atoms with van der Waals surface area (Å²) in [5.74, 6) is -1.38. The molecule has 1 aliphatic rings. The van der Waals surface area contributed by atoms with Gasteiger partial charge in [0.15, 0.2) is 0 Å². The number of hydrogen-bond donors (Lipinski definition) is 3. The van der Waals surface area contributed by atoms with E-state index in [-0.39, 0.29) is 35.2 Å². The molecule has 7 nitrogen and oxygen atoms in total. The molecule has 0 spiro atoms. The number of carbonyl (C=O) groups excluding carboxylic acids is 2. The van der Waals surface area contributed by atoms with Crippen molar-refractivity contribution in [3.8, 4) is 0 Å². The first-order valence-electron chi connectivity index (χ1n) is 9.28. The summed E-state index contributed by atoms with van der Waals surface area (Å²) in [7, 11) is 0. The molecule has 2 atom stereocenters. The lowest BCUT2D eigenvalue weighted by Gasteiger charge is -2.25. The highest BCUT2D eigenvalue weighted by atomic mass is 35.5. The number of benzene rings is 1. The summed E-state index contributed by atoms with van der Waals surface area (Å²) < 4.78 is 19.8. The number of rotatable bonds is 6. The largest absolute Gasteiger partial charge is 0.372 e. The van der Waals surface area contributed by atoms with E-state index in [0.29, 0.717) is 31.8 Å². The van der Waals surface area contributed by atoms with Gasteiger partial charge in [0.25, 0.3) is 5.91 Å². The Labute approximate surface area is 173 Å². The second-order valence-electron chi connectivity index (χ2n) is 6.63. The molecular weight excluding hydrogens is 399 g/mol. The second kappa shape index (κ2) is 10.3. The Kier molecular flexibility index (Phi) is 7.51. The third kappa shape index (κ3) is 5.96. The molecule has 29 heavy (non-hydrogen) atoms. The maximum Gasteiger partial charge on any atom is 0.270 e. The molecule has 1 aromatic carbocycles. The molecule has 2 unspecified atom stereocenters. The van der Waals surface area contributed by atoms with Crippen LogP contribution in [-0.4, -0.2) is 49.6 Å². The average Bonchev–Trinajstić information content (AvgIpc) is 2.98. The van der Waals surface area contributed by atoms with Gasteiger partial charge in [0, 0.05) is 31.7 Å². The van der Waals surface area contributed by atoms with Crippen LogP contribution in [0.2, 0.25) is 5.02 Å². The number of halogens is 2. The number of carbonyl (C=O) groups is 2. The Morgan fingerprint density at radius 3 is 2.90 bits per heavy atom. The smallest absolute Gasteiger partial charge is 0.270 e. The first-order chi connectivity index (χ1) is 14.0. The van der Waals surface area contributed by atoms with E-state index in [4.69, 9.17) is 16.3 Å². The van der Waals surface area contributed by atoms with Crippen LogP contribution in [-0.2, 0) is 9.53 Å². The monoisotopic (exact) mass is 420 g/mol. The van der Waals surface area contributed by atoms with Gasteiger partial charge in [-0.3, -0.25) is 14.6 Å². The lowest BCUT2D eigenvalue weighted by molar-refractivity contribution is -0.120. The molecular formula is C20H22ClFN4O3. The zero-order chi connectivity index (χ0) is 20.6. The molecule has 2 aromatic rings. The van der Waals surface area contributed by atoms with Crippen molar-refractivity contribution in [2.75, 3.05) is 32.8 Å². The van der Waals surface area contributed by atoms with E-state index in [1.54, 1.807) is 24.3 Å². The summed E-state index contributed by atoms with van der Waals surface area (Å²) in [5.41, 5.74) is 0.907. The normalized spacial score (nSPS) is 19.2. The van der Waals surface area contributed by atoms with Crippen molar-refractivity contribution in [3.05, 3.63) is 64.7 Å². The van der Waals surface area contributed by atoms with E-state index in [2.05, 4.69) is 20.9 Å². The fourth-order valence-electron chi connectivity index (χ4n) is 3.08. The van der Waals surface area contributed by atoms with Crippen LogP contribution in [0.1, 0.15) is 22.2 Å². The molecule has 0 radical (unpaired) electrons. The highest BCUT2D eigenvalue weighted by Gasteiger charge is 2.27. The fourth-order valence-corrected chi connectivity index (χ4v) is 3.20. The summed E-state index contributed by atoms with van der Waals surface area (Å²) in [4.78, 5) is 28.1. The minimum atomic E-state index is -0.509. The predicted octanol–water partition coefficient (Wildman–Crippen LogP) is 1.70.